The van der Waals surface area contributed by atoms with Crippen molar-refractivity contribution in [2.45, 2.75) is 128 Å². The van der Waals surface area contributed by atoms with Gasteiger partial charge in [-0.15, -0.1) is 0 Å². The lowest BCUT2D eigenvalue weighted by Gasteiger charge is -2.20. The number of carbonyl (C=O) groups is 4. The van der Waals surface area contributed by atoms with Crippen LogP contribution in [0.25, 0.3) is 0 Å². The number of aliphatic carboxylic acids is 1. The van der Waals surface area contributed by atoms with E-state index in [2.05, 4.69) is 11.4 Å². The minimum atomic E-state index is -4.70. The Hall–Kier alpha value is -2.15. The smallest absolute Gasteiger partial charge is 0.472 e. The topological polar surface area (TPSA) is 203 Å². The molecule has 256 valence electrons. The molecule has 13 nitrogen and oxygen atoms in total. The van der Waals surface area contributed by atoms with Crippen LogP contribution in [0.1, 0.15) is 116 Å². The number of aliphatic hydroxyl groups excluding tert-OH is 2. The van der Waals surface area contributed by atoms with Crippen LogP contribution < -0.4 is 0 Å². The Morgan fingerprint density at radius 1 is 0.705 bits per heavy atom. The first-order chi connectivity index (χ1) is 21.0. The second-order valence-corrected chi connectivity index (χ2v) is 12.1. The van der Waals surface area contributed by atoms with E-state index in [0.717, 1.165) is 25.3 Å². The van der Waals surface area contributed by atoms with Gasteiger partial charge in [0.2, 0.25) is 0 Å². The average molecular weight is 653 g/mol. The summed E-state index contributed by atoms with van der Waals surface area (Å²) in [6.45, 7) is -0.310. The Kier molecular flexibility index (Phi) is 25.9. The first-order valence-electron chi connectivity index (χ1n) is 15.7. The van der Waals surface area contributed by atoms with Gasteiger partial charge in [-0.05, 0) is 18.9 Å². The molecule has 0 saturated carbocycles. The highest BCUT2D eigenvalue weighted by Gasteiger charge is 2.27. The van der Waals surface area contributed by atoms with Crippen molar-refractivity contribution in [3.05, 3.63) is 12.2 Å². The van der Waals surface area contributed by atoms with E-state index in [4.69, 9.17) is 24.2 Å². The Morgan fingerprint density at radius 2 is 1.23 bits per heavy atom. The third-order valence-corrected chi connectivity index (χ3v) is 7.44. The predicted molar refractivity (Wildman–Crippen MR) is 162 cm³/mol. The van der Waals surface area contributed by atoms with E-state index < -0.39 is 70.1 Å². The van der Waals surface area contributed by atoms with E-state index in [1.54, 1.807) is 0 Å². The molecule has 0 aromatic carbocycles. The number of hydrogen-bond donors (Lipinski definition) is 4. The van der Waals surface area contributed by atoms with Crippen LogP contribution in [0.4, 0.5) is 0 Å². The Bertz CT molecular complexity index is 877. The number of ether oxygens (including phenoxy) is 2. The van der Waals surface area contributed by atoms with Gasteiger partial charge in [0, 0.05) is 25.3 Å². The highest BCUT2D eigenvalue weighted by Crippen LogP contribution is 2.43. The fourth-order valence-electron chi connectivity index (χ4n) is 4.01. The highest BCUT2D eigenvalue weighted by atomic mass is 31.2. The molecule has 0 bridgehead atoms. The Labute approximate surface area is 260 Å². The third kappa shape index (κ3) is 27.4. The molecule has 0 saturated heterocycles. The van der Waals surface area contributed by atoms with Gasteiger partial charge in [-0.2, -0.15) is 0 Å². The van der Waals surface area contributed by atoms with Crippen LogP contribution in [0.3, 0.4) is 0 Å². The lowest BCUT2D eigenvalue weighted by molar-refractivity contribution is -0.161. The van der Waals surface area contributed by atoms with Crippen molar-refractivity contribution in [2.75, 3.05) is 26.4 Å². The van der Waals surface area contributed by atoms with Crippen LogP contribution in [0.5, 0.6) is 0 Å². The average Bonchev–Trinajstić information content (AvgIpc) is 2.98. The molecular weight excluding hydrogens is 599 g/mol. The number of esters is 2. The molecule has 0 aliphatic carbocycles. The van der Waals surface area contributed by atoms with Crippen LogP contribution in [0.15, 0.2) is 12.2 Å². The van der Waals surface area contributed by atoms with Crippen LogP contribution >= 0.6 is 7.82 Å². The van der Waals surface area contributed by atoms with Gasteiger partial charge in [-0.3, -0.25) is 23.4 Å². The summed E-state index contributed by atoms with van der Waals surface area (Å²) >= 11 is 0. The van der Waals surface area contributed by atoms with E-state index in [0.29, 0.717) is 12.5 Å². The summed E-state index contributed by atoms with van der Waals surface area (Å²) in [5.41, 5.74) is 0. The van der Waals surface area contributed by atoms with Gasteiger partial charge in [0.1, 0.15) is 12.7 Å². The molecule has 44 heavy (non-hydrogen) atoms. The molecule has 0 aliphatic heterocycles. The maximum absolute atomic E-state index is 12.3. The molecule has 3 atom stereocenters. The minimum absolute atomic E-state index is 0.0503. The quantitative estimate of drug-likeness (QED) is 0.0357. The van der Waals surface area contributed by atoms with Crippen LogP contribution in [0.2, 0.25) is 0 Å². The molecule has 0 heterocycles. The molecular formula is C30H53O13P. The first kappa shape index (κ1) is 41.9. The number of hydrogen-bond acceptors (Lipinski definition) is 11. The van der Waals surface area contributed by atoms with Crippen molar-refractivity contribution >= 4 is 31.5 Å². The molecule has 0 radical (unpaired) electrons. The van der Waals surface area contributed by atoms with Gasteiger partial charge in [0.25, 0.3) is 0 Å². The molecule has 4 N–H and O–H groups in total. The van der Waals surface area contributed by atoms with Crippen LogP contribution in [-0.2, 0) is 42.3 Å². The number of rotatable bonds is 30. The summed E-state index contributed by atoms with van der Waals surface area (Å²) < 4.78 is 31.8. The molecule has 14 heteroatoms. The van der Waals surface area contributed by atoms with E-state index in [9.17, 15) is 33.7 Å². The van der Waals surface area contributed by atoms with Gasteiger partial charge >= 0.3 is 25.7 Å². The zero-order valence-corrected chi connectivity index (χ0v) is 27.0. The van der Waals surface area contributed by atoms with Gasteiger partial charge in [0.05, 0.1) is 19.8 Å². The summed E-state index contributed by atoms with van der Waals surface area (Å²) in [6.07, 6.45) is 13.9. The number of carbonyl (C=O) groups excluding carboxylic acids is 3. The van der Waals surface area contributed by atoms with Gasteiger partial charge in [-0.1, -0.05) is 84.0 Å². The number of phosphoric ester groups is 1. The summed E-state index contributed by atoms with van der Waals surface area (Å²) in [5, 5.41) is 26.6. The van der Waals surface area contributed by atoms with Gasteiger partial charge in [-0.25, -0.2) is 9.36 Å². The number of phosphoric acid groups is 1. The molecule has 1 unspecified atom stereocenters. The minimum Gasteiger partial charge on any atom is -0.478 e. The molecule has 0 spiro atoms. The zero-order chi connectivity index (χ0) is 33.1. The standard InChI is InChI=1S/C30H53O13P/c1-2-3-4-5-6-7-8-9-10-11-12-13-14-17-29(36)40-23-27(24-42-44(38,39)41-22-26(33)21-31)43-30(37)18-15-16-25(32)19-20-28(34)35/h19-20,26-27,31,33H,2-18,21-24H2,1H3,(H,34,35)(H,38,39)/b20-19+/t26-,27+/m0/s1. The zero-order valence-electron chi connectivity index (χ0n) is 26.1. The maximum atomic E-state index is 12.3. The summed E-state index contributed by atoms with van der Waals surface area (Å²) in [5.74, 6) is -3.10. The van der Waals surface area contributed by atoms with Crippen molar-refractivity contribution in [3.63, 3.8) is 0 Å². The van der Waals surface area contributed by atoms with Crippen molar-refractivity contribution < 1.29 is 62.5 Å². The number of ketones is 1. The predicted octanol–water partition coefficient (Wildman–Crippen LogP) is 4.79. The first-order valence-corrected chi connectivity index (χ1v) is 17.2. The maximum Gasteiger partial charge on any atom is 0.472 e. The summed E-state index contributed by atoms with van der Waals surface area (Å²) in [7, 11) is -4.70. The van der Waals surface area contributed by atoms with Gasteiger partial charge < -0.3 is 29.7 Å². The lowest BCUT2D eigenvalue weighted by atomic mass is 10.0. The second-order valence-electron chi connectivity index (χ2n) is 10.7. The highest BCUT2D eigenvalue weighted by molar-refractivity contribution is 7.47. The normalized spacial score (nSPS) is 14.2. The molecule has 0 rings (SSSR count). The lowest BCUT2D eigenvalue weighted by Crippen LogP contribution is -2.30. The van der Waals surface area contributed by atoms with Crippen molar-refractivity contribution in [1.29, 1.82) is 0 Å². The van der Waals surface area contributed by atoms with Crippen molar-refractivity contribution in [1.82, 2.24) is 0 Å². The van der Waals surface area contributed by atoms with Gasteiger partial charge in [0.15, 0.2) is 11.9 Å². The fraction of sp³-hybridized carbons (Fsp3) is 0.800. The number of allylic oxidation sites excluding steroid dienone is 1. The Balaban J connectivity index is 4.49. The van der Waals surface area contributed by atoms with E-state index in [1.165, 1.54) is 57.8 Å². The van der Waals surface area contributed by atoms with Crippen molar-refractivity contribution in [2.24, 2.45) is 0 Å². The monoisotopic (exact) mass is 652 g/mol. The van der Waals surface area contributed by atoms with E-state index >= 15 is 0 Å². The number of unbranched alkanes of at least 4 members (excludes halogenated alkanes) is 12. The number of carboxylic acids is 1. The largest absolute Gasteiger partial charge is 0.478 e. The number of carboxylic acid groups (broad SMARTS) is 1. The number of aliphatic hydroxyl groups is 2. The second kappa shape index (κ2) is 27.2. The molecule has 0 aromatic rings. The SMILES string of the molecule is CCCCCCCCCCCCCCCC(=O)OC[C@H](COP(=O)(O)OC[C@@H](O)CO)OC(=O)CCCC(=O)/C=C/C(=O)O. The Morgan fingerprint density at radius 3 is 1.77 bits per heavy atom. The summed E-state index contributed by atoms with van der Waals surface area (Å²) in [4.78, 5) is 56.4. The van der Waals surface area contributed by atoms with Crippen LogP contribution in [0, 0.1) is 0 Å². The molecule has 0 amide bonds. The summed E-state index contributed by atoms with van der Waals surface area (Å²) in [6, 6.07) is 0. The third-order valence-electron chi connectivity index (χ3n) is 6.49. The van der Waals surface area contributed by atoms with Crippen molar-refractivity contribution in [3.8, 4) is 0 Å². The van der Waals surface area contributed by atoms with E-state index in [1.807, 2.05) is 0 Å². The molecule has 0 aromatic heterocycles. The fourth-order valence-corrected chi connectivity index (χ4v) is 4.80. The molecule has 0 aliphatic rings. The van der Waals surface area contributed by atoms with Crippen LogP contribution in [-0.4, -0.2) is 82.5 Å². The van der Waals surface area contributed by atoms with E-state index in [-0.39, 0.29) is 25.7 Å². The molecule has 0 fully saturated rings.